The summed E-state index contributed by atoms with van der Waals surface area (Å²) in [5.74, 6) is -0.602. The van der Waals surface area contributed by atoms with Crippen molar-refractivity contribution in [3.63, 3.8) is 0 Å². The number of hydrogen-bond donors (Lipinski definition) is 1. The van der Waals surface area contributed by atoms with Crippen LogP contribution in [0, 0.1) is 6.92 Å². The second kappa shape index (κ2) is 4.54. The monoisotopic (exact) mass is 210 g/mol. The molecule has 0 aliphatic rings. The number of hydrogen-bond acceptors (Lipinski definition) is 2. The minimum Gasteiger partial charge on any atom is -0.276 e. The van der Waals surface area contributed by atoms with E-state index >= 15 is 0 Å². The van der Waals surface area contributed by atoms with Crippen molar-refractivity contribution < 1.29 is 14.1 Å². The number of anilines is 1. The molecule has 0 saturated heterocycles. The van der Waals surface area contributed by atoms with Crippen molar-refractivity contribution in [3.8, 4) is 0 Å². The molecule has 0 heterocycles. The number of carbonyl (C=O) groups is 2. The van der Waals surface area contributed by atoms with E-state index in [1.807, 2.05) is 12.2 Å². The van der Waals surface area contributed by atoms with Crippen LogP contribution < -0.4 is 10.4 Å². The number of amides is 3. The highest BCUT2D eigenvalue weighted by Gasteiger charge is 2.15. The molecule has 1 aromatic rings. The fraction of sp³-hybridized carbons (Fsp3) is 0.200. The standard InChI is InChI=1S/C10H11FN2O2/c1-7-3-5-9(6-4-7)13(11)10(15)12-8(2)14/h3-6H,1-2H3,(H,12,14,15). The van der Waals surface area contributed by atoms with Crippen LogP contribution in [-0.4, -0.2) is 11.9 Å². The van der Waals surface area contributed by atoms with Crippen LogP contribution in [0.15, 0.2) is 24.3 Å². The molecule has 5 heteroatoms. The Morgan fingerprint density at radius 2 is 1.80 bits per heavy atom. The van der Waals surface area contributed by atoms with Crippen molar-refractivity contribution in [1.82, 2.24) is 5.32 Å². The van der Waals surface area contributed by atoms with Crippen LogP contribution in [0.4, 0.5) is 15.0 Å². The molecule has 0 saturated carbocycles. The fourth-order valence-corrected chi connectivity index (χ4v) is 0.993. The van der Waals surface area contributed by atoms with Gasteiger partial charge in [0.25, 0.3) is 0 Å². The van der Waals surface area contributed by atoms with E-state index in [1.165, 1.54) is 12.1 Å². The van der Waals surface area contributed by atoms with Gasteiger partial charge in [0.15, 0.2) is 0 Å². The number of nitrogens with zero attached hydrogens (tertiary/aromatic N) is 1. The Kier molecular flexibility index (Phi) is 3.38. The van der Waals surface area contributed by atoms with Crippen molar-refractivity contribution in [1.29, 1.82) is 0 Å². The number of carbonyl (C=O) groups excluding carboxylic acids is 2. The molecule has 1 N–H and O–H groups in total. The van der Waals surface area contributed by atoms with E-state index < -0.39 is 11.9 Å². The normalized spacial score (nSPS) is 9.53. The molecule has 15 heavy (non-hydrogen) atoms. The quantitative estimate of drug-likeness (QED) is 0.720. The minimum absolute atomic E-state index is 0.0827. The predicted molar refractivity (Wildman–Crippen MR) is 54.0 cm³/mol. The Labute approximate surface area is 86.6 Å². The number of urea groups is 1. The average molecular weight is 210 g/mol. The maximum atomic E-state index is 13.3. The van der Waals surface area contributed by atoms with E-state index in [4.69, 9.17) is 0 Å². The molecule has 0 spiro atoms. The lowest BCUT2D eigenvalue weighted by molar-refractivity contribution is -0.117. The van der Waals surface area contributed by atoms with Crippen LogP contribution >= 0.6 is 0 Å². The number of benzene rings is 1. The summed E-state index contributed by atoms with van der Waals surface area (Å²) in [6, 6.07) is 5.15. The van der Waals surface area contributed by atoms with Gasteiger partial charge in [0.05, 0.1) is 5.69 Å². The molecule has 0 atom stereocenters. The lowest BCUT2D eigenvalue weighted by Gasteiger charge is -2.11. The molecule has 1 aromatic carbocycles. The Morgan fingerprint density at radius 3 is 2.27 bits per heavy atom. The fourth-order valence-electron chi connectivity index (χ4n) is 0.993. The number of nitrogens with one attached hydrogen (secondary N) is 1. The molecule has 0 radical (unpaired) electrons. The summed E-state index contributed by atoms with van der Waals surface area (Å²) in [4.78, 5) is 21.6. The average Bonchev–Trinajstić information content (AvgIpc) is 2.17. The number of halogens is 1. The van der Waals surface area contributed by atoms with Gasteiger partial charge in [-0.1, -0.05) is 22.2 Å². The van der Waals surface area contributed by atoms with Crippen molar-refractivity contribution >= 4 is 17.6 Å². The minimum atomic E-state index is -1.09. The van der Waals surface area contributed by atoms with Gasteiger partial charge >= 0.3 is 6.03 Å². The molecule has 0 aliphatic carbocycles. The second-order valence-corrected chi connectivity index (χ2v) is 3.10. The van der Waals surface area contributed by atoms with E-state index in [-0.39, 0.29) is 10.8 Å². The Hall–Kier alpha value is -1.91. The van der Waals surface area contributed by atoms with Crippen molar-refractivity contribution in [3.05, 3.63) is 29.8 Å². The summed E-state index contributed by atoms with van der Waals surface area (Å²) < 4.78 is 13.3. The maximum Gasteiger partial charge on any atom is 0.356 e. The first-order valence-corrected chi connectivity index (χ1v) is 4.35. The molecule has 0 aromatic heterocycles. The third-order valence-electron chi connectivity index (χ3n) is 1.72. The SMILES string of the molecule is CC(=O)NC(=O)N(F)c1ccc(C)cc1. The third-order valence-corrected chi connectivity index (χ3v) is 1.72. The van der Waals surface area contributed by atoms with E-state index in [9.17, 15) is 14.1 Å². The van der Waals surface area contributed by atoms with Crippen LogP contribution in [0.5, 0.6) is 0 Å². The van der Waals surface area contributed by atoms with Crippen LogP contribution in [-0.2, 0) is 4.79 Å². The molecule has 4 nitrogen and oxygen atoms in total. The topological polar surface area (TPSA) is 49.4 Å². The summed E-state index contributed by atoms with van der Waals surface area (Å²) in [7, 11) is 0. The number of rotatable bonds is 1. The van der Waals surface area contributed by atoms with E-state index in [1.54, 1.807) is 12.1 Å². The van der Waals surface area contributed by atoms with Gasteiger partial charge in [0.1, 0.15) is 0 Å². The molecular formula is C10H11FN2O2. The van der Waals surface area contributed by atoms with Crippen molar-refractivity contribution in [2.75, 3.05) is 5.12 Å². The van der Waals surface area contributed by atoms with Gasteiger partial charge in [-0.05, 0) is 19.1 Å². The summed E-state index contributed by atoms with van der Waals surface area (Å²) >= 11 is 0. The van der Waals surface area contributed by atoms with Gasteiger partial charge in [0.2, 0.25) is 5.91 Å². The lowest BCUT2D eigenvalue weighted by atomic mass is 10.2. The van der Waals surface area contributed by atoms with Gasteiger partial charge in [-0.3, -0.25) is 10.1 Å². The third kappa shape index (κ3) is 3.05. The molecular weight excluding hydrogens is 199 g/mol. The summed E-state index contributed by atoms with van der Waals surface area (Å²) in [5, 5.41) is 1.72. The van der Waals surface area contributed by atoms with Crippen molar-refractivity contribution in [2.45, 2.75) is 13.8 Å². The molecule has 0 fully saturated rings. The first-order valence-electron chi connectivity index (χ1n) is 4.35. The van der Waals surface area contributed by atoms with Crippen LogP contribution in [0.2, 0.25) is 0 Å². The zero-order chi connectivity index (χ0) is 11.4. The first kappa shape index (κ1) is 11.2. The highest BCUT2D eigenvalue weighted by atomic mass is 19.2. The van der Waals surface area contributed by atoms with Gasteiger partial charge in [0, 0.05) is 6.92 Å². The Morgan fingerprint density at radius 1 is 1.27 bits per heavy atom. The zero-order valence-corrected chi connectivity index (χ0v) is 8.45. The highest BCUT2D eigenvalue weighted by Crippen LogP contribution is 2.15. The van der Waals surface area contributed by atoms with Gasteiger partial charge in [-0.2, -0.15) is 0 Å². The highest BCUT2D eigenvalue weighted by molar-refractivity contribution is 6.00. The molecule has 0 unspecified atom stereocenters. The molecule has 3 amide bonds. The smallest absolute Gasteiger partial charge is 0.276 e. The number of imide groups is 1. The Balaban J connectivity index is 2.76. The van der Waals surface area contributed by atoms with Crippen LogP contribution in [0.1, 0.15) is 12.5 Å². The first-order chi connectivity index (χ1) is 7.00. The summed E-state index contributed by atoms with van der Waals surface area (Å²) in [6.07, 6.45) is 0. The lowest BCUT2D eigenvalue weighted by Crippen LogP contribution is -2.37. The van der Waals surface area contributed by atoms with Crippen LogP contribution in [0.25, 0.3) is 0 Å². The van der Waals surface area contributed by atoms with E-state index in [0.29, 0.717) is 0 Å². The Bertz CT molecular complexity index is 376. The summed E-state index contributed by atoms with van der Waals surface area (Å²) in [5.41, 5.74) is 1.04. The van der Waals surface area contributed by atoms with Crippen molar-refractivity contribution in [2.24, 2.45) is 0 Å². The maximum absolute atomic E-state index is 13.3. The predicted octanol–water partition coefficient (Wildman–Crippen LogP) is 1.94. The van der Waals surface area contributed by atoms with Gasteiger partial charge in [-0.25, -0.2) is 4.79 Å². The summed E-state index contributed by atoms with van der Waals surface area (Å²) in [6.45, 7) is 2.99. The molecule has 0 bridgehead atoms. The van der Waals surface area contributed by atoms with Crippen LogP contribution in [0.3, 0.4) is 0 Å². The zero-order valence-electron chi connectivity index (χ0n) is 8.45. The van der Waals surface area contributed by atoms with Gasteiger partial charge in [-0.15, -0.1) is 5.12 Å². The largest absolute Gasteiger partial charge is 0.356 e. The van der Waals surface area contributed by atoms with Gasteiger partial charge < -0.3 is 0 Å². The molecule has 80 valence electrons. The second-order valence-electron chi connectivity index (χ2n) is 3.10. The number of aryl methyl sites for hydroxylation is 1. The molecule has 0 aliphatic heterocycles. The molecule has 1 rings (SSSR count). The van der Waals surface area contributed by atoms with E-state index in [2.05, 4.69) is 0 Å². The van der Waals surface area contributed by atoms with E-state index in [0.717, 1.165) is 12.5 Å².